The number of nitrogens with one attached hydrogen (secondary N) is 1. The van der Waals surface area contributed by atoms with Crippen LogP contribution in [0.1, 0.15) is 13.3 Å². The Bertz CT molecular complexity index is 136. The Morgan fingerprint density at radius 2 is 2.50 bits per heavy atom. The molecular formula is C7H13NO2. The summed E-state index contributed by atoms with van der Waals surface area (Å²) in [5, 5.41) is 11.5. The maximum absolute atomic E-state index is 10.9. The van der Waals surface area contributed by atoms with Crippen LogP contribution in [0.25, 0.3) is 0 Å². The highest BCUT2D eigenvalue weighted by Crippen LogP contribution is 2.19. The van der Waals surface area contributed by atoms with Crippen LogP contribution in [0.3, 0.4) is 0 Å². The van der Waals surface area contributed by atoms with E-state index < -0.39 is 0 Å². The molecule has 0 bridgehead atoms. The molecule has 1 heterocycles. The highest BCUT2D eigenvalue weighted by molar-refractivity contribution is 5.81. The molecule has 1 rings (SSSR count). The lowest BCUT2D eigenvalue weighted by Crippen LogP contribution is -2.22. The number of carbonyl (C=O) groups excluding carboxylic acids is 1. The number of aliphatic hydroxyl groups is 1. The van der Waals surface area contributed by atoms with Crippen LogP contribution in [0.15, 0.2) is 0 Å². The quantitative estimate of drug-likeness (QED) is 0.560. The van der Waals surface area contributed by atoms with Crippen LogP contribution in [-0.2, 0) is 4.79 Å². The van der Waals surface area contributed by atoms with Crippen LogP contribution < -0.4 is 5.32 Å². The molecule has 3 heteroatoms. The number of amides is 1. The lowest BCUT2D eigenvalue weighted by atomic mass is 9.94. The summed E-state index contributed by atoms with van der Waals surface area (Å²) in [6.07, 6.45) is 0.962. The second-order valence-corrected chi connectivity index (χ2v) is 2.70. The Labute approximate surface area is 60.4 Å². The Morgan fingerprint density at radius 3 is 2.90 bits per heavy atom. The van der Waals surface area contributed by atoms with E-state index in [0.717, 1.165) is 13.0 Å². The van der Waals surface area contributed by atoms with Crippen molar-refractivity contribution in [2.24, 2.45) is 11.8 Å². The SMILES string of the molecule is CCC1CNC(=O)C1CO. The van der Waals surface area contributed by atoms with Gasteiger partial charge in [0.05, 0.1) is 12.5 Å². The number of aliphatic hydroxyl groups excluding tert-OH is 1. The molecule has 2 unspecified atom stereocenters. The summed E-state index contributed by atoms with van der Waals surface area (Å²) < 4.78 is 0. The van der Waals surface area contributed by atoms with Gasteiger partial charge in [-0.15, -0.1) is 0 Å². The maximum atomic E-state index is 10.9. The molecule has 1 saturated heterocycles. The van der Waals surface area contributed by atoms with Crippen molar-refractivity contribution in [1.29, 1.82) is 0 Å². The van der Waals surface area contributed by atoms with E-state index >= 15 is 0 Å². The minimum atomic E-state index is -0.148. The van der Waals surface area contributed by atoms with Crippen LogP contribution >= 0.6 is 0 Å². The fraction of sp³-hybridized carbons (Fsp3) is 0.857. The minimum Gasteiger partial charge on any atom is -0.396 e. The number of hydrogen-bond acceptors (Lipinski definition) is 2. The van der Waals surface area contributed by atoms with E-state index in [2.05, 4.69) is 5.32 Å². The second kappa shape index (κ2) is 3.01. The highest BCUT2D eigenvalue weighted by Gasteiger charge is 2.32. The standard InChI is InChI=1S/C7H13NO2/c1-2-5-3-8-7(10)6(5)4-9/h5-6,9H,2-4H2,1H3,(H,8,10). The van der Waals surface area contributed by atoms with Gasteiger partial charge in [-0.05, 0) is 5.92 Å². The first-order valence-corrected chi connectivity index (χ1v) is 3.68. The van der Waals surface area contributed by atoms with Gasteiger partial charge in [0.15, 0.2) is 0 Å². The molecule has 2 N–H and O–H groups in total. The van der Waals surface area contributed by atoms with Gasteiger partial charge in [0, 0.05) is 6.54 Å². The smallest absolute Gasteiger partial charge is 0.225 e. The first-order valence-electron chi connectivity index (χ1n) is 3.68. The van der Waals surface area contributed by atoms with Crippen molar-refractivity contribution in [1.82, 2.24) is 5.32 Å². The summed E-state index contributed by atoms with van der Waals surface area (Å²) in [6, 6.07) is 0. The van der Waals surface area contributed by atoms with Gasteiger partial charge in [-0.2, -0.15) is 0 Å². The zero-order chi connectivity index (χ0) is 7.56. The molecule has 1 fully saturated rings. The second-order valence-electron chi connectivity index (χ2n) is 2.70. The Balaban J connectivity index is 2.54. The predicted molar refractivity (Wildman–Crippen MR) is 37.4 cm³/mol. The van der Waals surface area contributed by atoms with Crippen molar-refractivity contribution in [3.63, 3.8) is 0 Å². The predicted octanol–water partition coefficient (Wildman–Crippen LogP) is -0.249. The van der Waals surface area contributed by atoms with Gasteiger partial charge < -0.3 is 10.4 Å². The number of rotatable bonds is 2. The highest BCUT2D eigenvalue weighted by atomic mass is 16.3. The molecule has 0 aromatic rings. The van der Waals surface area contributed by atoms with Gasteiger partial charge in [-0.3, -0.25) is 4.79 Å². The Morgan fingerprint density at radius 1 is 1.80 bits per heavy atom. The van der Waals surface area contributed by atoms with Crippen LogP contribution in [0.2, 0.25) is 0 Å². The molecule has 3 nitrogen and oxygen atoms in total. The fourth-order valence-electron chi connectivity index (χ4n) is 1.38. The molecule has 1 aliphatic heterocycles. The monoisotopic (exact) mass is 143 g/mol. The Kier molecular flexibility index (Phi) is 2.27. The first kappa shape index (κ1) is 7.54. The van der Waals surface area contributed by atoms with E-state index in [1.54, 1.807) is 0 Å². The molecule has 0 aromatic carbocycles. The van der Waals surface area contributed by atoms with Gasteiger partial charge in [-0.1, -0.05) is 13.3 Å². The van der Waals surface area contributed by atoms with Gasteiger partial charge in [-0.25, -0.2) is 0 Å². The lowest BCUT2D eigenvalue weighted by Gasteiger charge is -2.09. The Hall–Kier alpha value is -0.570. The third-order valence-corrected chi connectivity index (χ3v) is 2.17. The third-order valence-electron chi connectivity index (χ3n) is 2.17. The van der Waals surface area contributed by atoms with Gasteiger partial charge in [0.1, 0.15) is 0 Å². The van der Waals surface area contributed by atoms with E-state index in [-0.39, 0.29) is 18.4 Å². The van der Waals surface area contributed by atoms with E-state index in [1.807, 2.05) is 6.92 Å². The van der Waals surface area contributed by atoms with Crippen LogP contribution in [-0.4, -0.2) is 24.2 Å². The van der Waals surface area contributed by atoms with Crippen LogP contribution in [0.4, 0.5) is 0 Å². The van der Waals surface area contributed by atoms with Crippen molar-refractivity contribution >= 4 is 5.91 Å². The summed E-state index contributed by atoms with van der Waals surface area (Å²) in [5.41, 5.74) is 0. The lowest BCUT2D eigenvalue weighted by molar-refractivity contribution is -0.124. The summed E-state index contributed by atoms with van der Waals surface area (Å²) in [6.45, 7) is 2.76. The summed E-state index contributed by atoms with van der Waals surface area (Å²) in [7, 11) is 0. The number of carbonyl (C=O) groups is 1. The topological polar surface area (TPSA) is 49.3 Å². The average molecular weight is 143 g/mol. The normalized spacial score (nSPS) is 32.4. The molecule has 0 saturated carbocycles. The summed E-state index contributed by atoms with van der Waals surface area (Å²) in [4.78, 5) is 10.9. The fourth-order valence-corrected chi connectivity index (χ4v) is 1.38. The van der Waals surface area contributed by atoms with Crippen molar-refractivity contribution in [2.75, 3.05) is 13.2 Å². The molecule has 0 aliphatic carbocycles. The molecule has 10 heavy (non-hydrogen) atoms. The van der Waals surface area contributed by atoms with Crippen molar-refractivity contribution in [3.05, 3.63) is 0 Å². The molecule has 0 radical (unpaired) electrons. The summed E-state index contributed by atoms with van der Waals surface area (Å²) in [5.74, 6) is 0.205. The van der Waals surface area contributed by atoms with Crippen molar-refractivity contribution < 1.29 is 9.90 Å². The maximum Gasteiger partial charge on any atom is 0.225 e. The molecule has 2 atom stereocenters. The zero-order valence-electron chi connectivity index (χ0n) is 6.13. The van der Waals surface area contributed by atoms with Gasteiger partial charge in [0.25, 0.3) is 0 Å². The largest absolute Gasteiger partial charge is 0.396 e. The van der Waals surface area contributed by atoms with Gasteiger partial charge in [0.2, 0.25) is 5.91 Å². The van der Waals surface area contributed by atoms with Crippen molar-refractivity contribution in [3.8, 4) is 0 Å². The molecule has 1 aliphatic rings. The first-order chi connectivity index (χ1) is 4.79. The zero-order valence-corrected chi connectivity index (χ0v) is 6.13. The minimum absolute atomic E-state index is 0.00866. The van der Waals surface area contributed by atoms with Crippen molar-refractivity contribution in [2.45, 2.75) is 13.3 Å². The third kappa shape index (κ3) is 1.14. The van der Waals surface area contributed by atoms with E-state index in [4.69, 9.17) is 5.11 Å². The molecule has 0 aromatic heterocycles. The van der Waals surface area contributed by atoms with Gasteiger partial charge >= 0.3 is 0 Å². The van der Waals surface area contributed by atoms with Crippen LogP contribution in [0.5, 0.6) is 0 Å². The summed E-state index contributed by atoms with van der Waals surface area (Å²) >= 11 is 0. The molecule has 0 spiro atoms. The molecule has 58 valence electrons. The van der Waals surface area contributed by atoms with E-state index in [9.17, 15) is 4.79 Å². The average Bonchev–Trinajstić information content (AvgIpc) is 2.30. The van der Waals surface area contributed by atoms with E-state index in [0.29, 0.717) is 5.92 Å². The van der Waals surface area contributed by atoms with E-state index in [1.165, 1.54) is 0 Å². The molecule has 1 amide bonds. The number of hydrogen-bond donors (Lipinski definition) is 2. The van der Waals surface area contributed by atoms with Crippen LogP contribution in [0, 0.1) is 11.8 Å². The molecular weight excluding hydrogens is 130 g/mol.